The molecule has 1 heterocycles. The highest BCUT2D eigenvalue weighted by Crippen LogP contribution is 2.28. The fourth-order valence-corrected chi connectivity index (χ4v) is 3.03. The number of rotatable bonds is 3. The minimum atomic E-state index is -0.498. The lowest BCUT2D eigenvalue weighted by atomic mass is 10.2. The molecule has 3 nitrogen and oxygen atoms in total. The number of hydrogen-bond acceptors (Lipinski definition) is 3. The Morgan fingerprint density at radius 1 is 1.09 bits per heavy atom. The summed E-state index contributed by atoms with van der Waals surface area (Å²) in [5.74, 6) is -1.25. The van der Waals surface area contributed by atoms with Gasteiger partial charge in [-0.2, -0.15) is 0 Å². The van der Waals surface area contributed by atoms with Gasteiger partial charge in [0.25, 0.3) is 5.91 Å². The summed E-state index contributed by atoms with van der Waals surface area (Å²) in [4.78, 5) is 17.1. The van der Waals surface area contributed by atoms with Crippen LogP contribution in [0, 0.1) is 18.6 Å². The van der Waals surface area contributed by atoms with Gasteiger partial charge in [0, 0.05) is 5.56 Å². The zero-order chi connectivity index (χ0) is 16.4. The minimum Gasteiger partial charge on any atom is -0.319 e. The van der Waals surface area contributed by atoms with E-state index in [0.29, 0.717) is 15.6 Å². The average Bonchev–Trinajstić information content (AvgIpc) is 2.92. The van der Waals surface area contributed by atoms with Crippen molar-refractivity contribution >= 4 is 22.9 Å². The monoisotopic (exact) mass is 330 g/mol. The lowest BCUT2D eigenvalue weighted by Gasteiger charge is -2.04. The predicted molar refractivity (Wildman–Crippen MR) is 86.6 cm³/mol. The van der Waals surface area contributed by atoms with Crippen molar-refractivity contribution in [2.45, 2.75) is 6.92 Å². The van der Waals surface area contributed by atoms with Gasteiger partial charge in [-0.1, -0.05) is 12.1 Å². The third-order valence-electron chi connectivity index (χ3n) is 3.22. The highest BCUT2D eigenvalue weighted by molar-refractivity contribution is 7.17. The molecule has 3 rings (SSSR count). The number of nitrogens with zero attached hydrogens (tertiary/aromatic N) is 1. The van der Waals surface area contributed by atoms with Crippen molar-refractivity contribution < 1.29 is 13.6 Å². The molecule has 0 atom stereocenters. The van der Waals surface area contributed by atoms with Crippen molar-refractivity contribution in [3.05, 3.63) is 70.7 Å². The lowest BCUT2D eigenvalue weighted by Crippen LogP contribution is -2.12. The molecule has 0 radical (unpaired) electrons. The number of halogens is 2. The number of nitrogens with one attached hydrogen (secondary N) is 1. The van der Waals surface area contributed by atoms with Crippen molar-refractivity contribution in [1.82, 2.24) is 4.98 Å². The first-order chi connectivity index (χ1) is 11.0. The molecule has 116 valence electrons. The van der Waals surface area contributed by atoms with Crippen LogP contribution in [0.25, 0.3) is 10.6 Å². The first-order valence-electron chi connectivity index (χ1n) is 6.84. The van der Waals surface area contributed by atoms with E-state index in [1.54, 1.807) is 31.2 Å². The van der Waals surface area contributed by atoms with E-state index in [1.165, 1.54) is 35.6 Å². The van der Waals surface area contributed by atoms with Crippen molar-refractivity contribution in [1.29, 1.82) is 0 Å². The van der Waals surface area contributed by atoms with Crippen LogP contribution in [0.2, 0.25) is 0 Å². The van der Waals surface area contributed by atoms with E-state index in [9.17, 15) is 13.6 Å². The first kappa shape index (κ1) is 15.3. The summed E-state index contributed by atoms with van der Waals surface area (Å²) in [6, 6.07) is 11.8. The van der Waals surface area contributed by atoms with Gasteiger partial charge in [-0.05, 0) is 43.3 Å². The summed E-state index contributed by atoms with van der Waals surface area (Å²) in [6.45, 7) is 1.71. The molecule has 1 aromatic heterocycles. The molecule has 3 aromatic rings. The Balaban J connectivity index is 1.87. The van der Waals surface area contributed by atoms with Crippen molar-refractivity contribution in [3.8, 4) is 10.6 Å². The van der Waals surface area contributed by atoms with Crippen LogP contribution >= 0.6 is 11.3 Å². The van der Waals surface area contributed by atoms with Gasteiger partial charge in [0.05, 0.1) is 11.4 Å². The molecule has 23 heavy (non-hydrogen) atoms. The molecule has 2 aromatic carbocycles. The van der Waals surface area contributed by atoms with Gasteiger partial charge < -0.3 is 5.32 Å². The van der Waals surface area contributed by atoms with Crippen LogP contribution in [0.3, 0.4) is 0 Å². The molecule has 0 aliphatic rings. The number of aromatic nitrogens is 1. The number of amides is 1. The van der Waals surface area contributed by atoms with E-state index < -0.39 is 11.7 Å². The van der Waals surface area contributed by atoms with Crippen LogP contribution in [-0.2, 0) is 0 Å². The van der Waals surface area contributed by atoms with Crippen LogP contribution in [0.5, 0.6) is 0 Å². The summed E-state index contributed by atoms with van der Waals surface area (Å²) in [5.41, 5.74) is 1.39. The van der Waals surface area contributed by atoms with E-state index in [2.05, 4.69) is 10.3 Å². The minimum absolute atomic E-state index is 0.119. The molecule has 0 unspecified atom stereocenters. The summed E-state index contributed by atoms with van der Waals surface area (Å²) in [5, 5.41) is 3.15. The molecule has 0 fully saturated rings. The predicted octanol–water partition coefficient (Wildman–Crippen LogP) is 4.65. The van der Waals surface area contributed by atoms with Crippen LogP contribution in [0.1, 0.15) is 15.4 Å². The Morgan fingerprint density at radius 2 is 1.78 bits per heavy atom. The Kier molecular flexibility index (Phi) is 4.16. The van der Waals surface area contributed by atoms with Crippen molar-refractivity contribution in [3.63, 3.8) is 0 Å². The van der Waals surface area contributed by atoms with Gasteiger partial charge in [0.2, 0.25) is 0 Å². The maximum Gasteiger partial charge on any atom is 0.267 e. The number of thiazole rings is 1. The Morgan fingerprint density at radius 3 is 2.48 bits per heavy atom. The highest BCUT2D eigenvalue weighted by atomic mass is 32.1. The maximum absolute atomic E-state index is 13.6. The Labute approximate surface area is 135 Å². The van der Waals surface area contributed by atoms with E-state index in [4.69, 9.17) is 0 Å². The number of hydrogen-bond donors (Lipinski definition) is 1. The zero-order valence-corrected chi connectivity index (χ0v) is 13.0. The lowest BCUT2D eigenvalue weighted by molar-refractivity contribution is 0.102. The summed E-state index contributed by atoms with van der Waals surface area (Å²) in [6.07, 6.45) is 0. The number of aryl methyl sites for hydroxylation is 1. The molecular formula is C17H12F2N2OS. The third-order valence-corrected chi connectivity index (χ3v) is 4.42. The van der Waals surface area contributed by atoms with Crippen molar-refractivity contribution in [2.75, 3.05) is 5.32 Å². The zero-order valence-electron chi connectivity index (χ0n) is 12.1. The van der Waals surface area contributed by atoms with Gasteiger partial charge in [-0.25, -0.2) is 13.8 Å². The maximum atomic E-state index is 13.6. The van der Waals surface area contributed by atoms with Crippen LogP contribution < -0.4 is 5.32 Å². The standard InChI is InChI=1S/C17H12F2N2OS/c1-10-15(16(22)21-14-5-3-2-4-13(14)19)23-17(20-10)11-6-8-12(18)9-7-11/h2-9H,1H3,(H,21,22). The second-order valence-corrected chi connectivity index (χ2v) is 5.87. The van der Waals surface area contributed by atoms with E-state index in [-0.39, 0.29) is 11.5 Å². The number of anilines is 1. The van der Waals surface area contributed by atoms with E-state index in [0.717, 1.165) is 5.56 Å². The van der Waals surface area contributed by atoms with Crippen LogP contribution in [-0.4, -0.2) is 10.9 Å². The molecule has 0 aliphatic carbocycles. The normalized spacial score (nSPS) is 10.6. The largest absolute Gasteiger partial charge is 0.319 e. The van der Waals surface area contributed by atoms with Gasteiger partial charge in [-0.15, -0.1) is 11.3 Å². The quantitative estimate of drug-likeness (QED) is 0.759. The number of carbonyl (C=O) groups is 1. The third kappa shape index (κ3) is 3.27. The summed E-state index contributed by atoms with van der Waals surface area (Å²) < 4.78 is 26.6. The van der Waals surface area contributed by atoms with Gasteiger partial charge in [0.1, 0.15) is 21.5 Å². The first-order valence-corrected chi connectivity index (χ1v) is 7.65. The molecule has 0 bridgehead atoms. The van der Waals surface area contributed by atoms with Crippen molar-refractivity contribution in [2.24, 2.45) is 0 Å². The molecule has 1 amide bonds. The second-order valence-electron chi connectivity index (χ2n) is 4.87. The molecule has 0 spiro atoms. The molecule has 0 saturated carbocycles. The molecule has 0 saturated heterocycles. The van der Waals surface area contributed by atoms with Gasteiger partial charge in [0.15, 0.2) is 0 Å². The number of para-hydroxylation sites is 1. The number of benzene rings is 2. The number of carbonyl (C=O) groups excluding carboxylic acids is 1. The second kappa shape index (κ2) is 6.26. The molecule has 0 aliphatic heterocycles. The molecule has 1 N–H and O–H groups in total. The molecular weight excluding hydrogens is 318 g/mol. The summed E-state index contributed by atoms with van der Waals surface area (Å²) in [7, 11) is 0. The highest BCUT2D eigenvalue weighted by Gasteiger charge is 2.17. The van der Waals surface area contributed by atoms with Crippen LogP contribution in [0.15, 0.2) is 48.5 Å². The molecule has 6 heteroatoms. The Bertz CT molecular complexity index is 859. The van der Waals surface area contributed by atoms with Crippen LogP contribution in [0.4, 0.5) is 14.5 Å². The smallest absolute Gasteiger partial charge is 0.267 e. The average molecular weight is 330 g/mol. The Hall–Kier alpha value is -2.60. The van der Waals surface area contributed by atoms with Gasteiger partial charge >= 0.3 is 0 Å². The van der Waals surface area contributed by atoms with E-state index >= 15 is 0 Å². The van der Waals surface area contributed by atoms with E-state index in [1.807, 2.05) is 0 Å². The summed E-state index contributed by atoms with van der Waals surface area (Å²) >= 11 is 1.18. The van der Waals surface area contributed by atoms with Gasteiger partial charge in [-0.3, -0.25) is 4.79 Å². The fourth-order valence-electron chi connectivity index (χ4n) is 2.06. The topological polar surface area (TPSA) is 42.0 Å². The SMILES string of the molecule is Cc1nc(-c2ccc(F)cc2)sc1C(=O)Nc1ccccc1F. The fraction of sp³-hybridized carbons (Fsp3) is 0.0588.